The molecule has 0 bridgehead atoms. The minimum absolute atomic E-state index is 0.472. The first-order chi connectivity index (χ1) is 10.3. The summed E-state index contributed by atoms with van der Waals surface area (Å²) in [5, 5.41) is 3.74. The van der Waals surface area contributed by atoms with E-state index in [9.17, 15) is 0 Å². The highest BCUT2D eigenvalue weighted by molar-refractivity contribution is 9.10. The number of rotatable bonds is 5. The molecule has 2 nitrogen and oxygen atoms in total. The van der Waals surface area contributed by atoms with E-state index >= 15 is 0 Å². The van der Waals surface area contributed by atoms with Crippen LogP contribution in [0.2, 0.25) is 0 Å². The van der Waals surface area contributed by atoms with Crippen LogP contribution >= 0.6 is 15.9 Å². The number of fused-ring (bicyclic) bond motifs is 1. The monoisotopic (exact) mass is 344 g/mol. The molecule has 0 amide bonds. The Labute approximate surface area is 135 Å². The Hall–Kier alpha value is -1.19. The van der Waals surface area contributed by atoms with E-state index in [0.717, 1.165) is 23.9 Å². The molecule has 2 atom stereocenters. The lowest BCUT2D eigenvalue weighted by Gasteiger charge is -2.22. The van der Waals surface area contributed by atoms with Gasteiger partial charge in [0.1, 0.15) is 0 Å². The molecule has 1 aromatic heterocycles. The number of benzene rings is 1. The van der Waals surface area contributed by atoms with Gasteiger partial charge in [-0.25, -0.2) is 0 Å². The van der Waals surface area contributed by atoms with Crippen molar-refractivity contribution in [3.05, 3.63) is 63.9 Å². The number of aromatic nitrogens is 1. The predicted molar refractivity (Wildman–Crippen MR) is 90.3 cm³/mol. The van der Waals surface area contributed by atoms with Crippen LogP contribution in [0.3, 0.4) is 0 Å². The van der Waals surface area contributed by atoms with Gasteiger partial charge in [-0.05, 0) is 70.4 Å². The quantitative estimate of drug-likeness (QED) is 0.874. The van der Waals surface area contributed by atoms with Crippen LogP contribution in [-0.2, 0) is 12.8 Å². The van der Waals surface area contributed by atoms with E-state index in [1.165, 1.54) is 23.1 Å². The van der Waals surface area contributed by atoms with Crippen LogP contribution in [0, 0.1) is 5.92 Å². The van der Waals surface area contributed by atoms with E-state index in [2.05, 4.69) is 63.5 Å². The van der Waals surface area contributed by atoms with Crippen molar-refractivity contribution >= 4 is 15.9 Å². The summed E-state index contributed by atoms with van der Waals surface area (Å²) in [4.78, 5) is 4.30. The lowest BCUT2D eigenvalue weighted by Crippen LogP contribution is -2.27. The van der Waals surface area contributed by atoms with Gasteiger partial charge in [0.05, 0.1) is 0 Å². The molecule has 110 valence electrons. The first kappa shape index (κ1) is 14.7. The summed E-state index contributed by atoms with van der Waals surface area (Å²) in [6, 6.07) is 11.5. The van der Waals surface area contributed by atoms with Crippen molar-refractivity contribution in [2.24, 2.45) is 5.92 Å². The Balaban J connectivity index is 1.81. The molecule has 1 N–H and O–H groups in total. The van der Waals surface area contributed by atoms with Gasteiger partial charge in [-0.3, -0.25) is 4.98 Å². The van der Waals surface area contributed by atoms with Crippen LogP contribution in [0.25, 0.3) is 0 Å². The Kier molecular flexibility index (Phi) is 4.71. The SMILES string of the molecule is CCCNC1c2ccccc2CC1Cc1cncc(Br)c1. The molecule has 21 heavy (non-hydrogen) atoms. The van der Waals surface area contributed by atoms with Crippen molar-refractivity contribution in [2.45, 2.75) is 32.2 Å². The van der Waals surface area contributed by atoms with Crippen molar-refractivity contribution < 1.29 is 0 Å². The van der Waals surface area contributed by atoms with Gasteiger partial charge in [0, 0.05) is 22.9 Å². The summed E-state index contributed by atoms with van der Waals surface area (Å²) in [5.74, 6) is 0.616. The van der Waals surface area contributed by atoms with E-state index in [0.29, 0.717) is 12.0 Å². The minimum Gasteiger partial charge on any atom is -0.310 e. The molecule has 0 radical (unpaired) electrons. The molecule has 0 fully saturated rings. The lowest BCUT2D eigenvalue weighted by molar-refractivity contribution is 0.386. The topological polar surface area (TPSA) is 24.9 Å². The number of halogens is 1. The normalized spacial score (nSPS) is 20.5. The van der Waals surface area contributed by atoms with Crippen molar-refractivity contribution in [3.8, 4) is 0 Å². The van der Waals surface area contributed by atoms with Gasteiger partial charge >= 0.3 is 0 Å². The first-order valence-electron chi connectivity index (χ1n) is 7.68. The molecule has 0 saturated carbocycles. The van der Waals surface area contributed by atoms with E-state index in [4.69, 9.17) is 0 Å². The molecule has 1 aromatic carbocycles. The molecule has 1 heterocycles. The largest absolute Gasteiger partial charge is 0.310 e. The predicted octanol–water partition coefficient (Wildman–Crippen LogP) is 4.30. The van der Waals surface area contributed by atoms with Crippen LogP contribution < -0.4 is 5.32 Å². The fourth-order valence-electron chi connectivity index (χ4n) is 3.31. The Morgan fingerprint density at radius 3 is 2.95 bits per heavy atom. The van der Waals surface area contributed by atoms with Gasteiger partial charge in [0.25, 0.3) is 0 Å². The molecule has 2 aromatic rings. The smallest absolute Gasteiger partial charge is 0.0410 e. The van der Waals surface area contributed by atoms with Gasteiger partial charge < -0.3 is 5.32 Å². The molecular weight excluding hydrogens is 324 g/mol. The van der Waals surface area contributed by atoms with E-state index in [1.54, 1.807) is 0 Å². The van der Waals surface area contributed by atoms with Crippen LogP contribution in [0.15, 0.2) is 47.2 Å². The maximum atomic E-state index is 4.30. The summed E-state index contributed by atoms with van der Waals surface area (Å²) in [7, 11) is 0. The summed E-state index contributed by atoms with van der Waals surface area (Å²) in [6.07, 6.45) is 7.24. The first-order valence-corrected chi connectivity index (χ1v) is 8.48. The highest BCUT2D eigenvalue weighted by atomic mass is 79.9. The summed E-state index contributed by atoms with van der Waals surface area (Å²) in [5.41, 5.74) is 4.29. The van der Waals surface area contributed by atoms with Gasteiger partial charge in [0.15, 0.2) is 0 Å². The van der Waals surface area contributed by atoms with Gasteiger partial charge in [-0.15, -0.1) is 0 Å². The molecule has 0 aliphatic heterocycles. The average Bonchev–Trinajstić information content (AvgIpc) is 2.82. The maximum absolute atomic E-state index is 4.30. The van der Waals surface area contributed by atoms with Crippen molar-refractivity contribution in [2.75, 3.05) is 6.54 Å². The number of hydrogen-bond donors (Lipinski definition) is 1. The van der Waals surface area contributed by atoms with Gasteiger partial charge in [-0.1, -0.05) is 31.2 Å². The molecule has 2 unspecified atom stereocenters. The fraction of sp³-hybridized carbons (Fsp3) is 0.389. The zero-order valence-electron chi connectivity index (χ0n) is 12.3. The maximum Gasteiger partial charge on any atom is 0.0410 e. The fourth-order valence-corrected chi connectivity index (χ4v) is 3.73. The molecular formula is C18H21BrN2. The molecule has 1 aliphatic rings. The summed E-state index contributed by atoms with van der Waals surface area (Å²) in [6.45, 7) is 3.30. The lowest BCUT2D eigenvalue weighted by atomic mass is 9.93. The third-order valence-electron chi connectivity index (χ3n) is 4.22. The highest BCUT2D eigenvalue weighted by Gasteiger charge is 2.31. The summed E-state index contributed by atoms with van der Waals surface area (Å²) < 4.78 is 1.06. The second-order valence-corrected chi connectivity index (χ2v) is 6.73. The molecule has 0 spiro atoms. The third kappa shape index (κ3) is 3.35. The van der Waals surface area contributed by atoms with Crippen LogP contribution in [-0.4, -0.2) is 11.5 Å². The van der Waals surface area contributed by atoms with Crippen LogP contribution in [0.1, 0.15) is 36.1 Å². The molecule has 3 rings (SSSR count). The van der Waals surface area contributed by atoms with E-state index in [1.807, 2.05) is 12.4 Å². The summed E-state index contributed by atoms with van der Waals surface area (Å²) >= 11 is 3.52. The minimum atomic E-state index is 0.472. The standard InChI is InChI=1S/C18H21BrN2/c1-2-7-21-18-15(8-13-9-16(19)12-20-11-13)10-14-5-3-4-6-17(14)18/h3-6,9,11-12,15,18,21H,2,7-8,10H2,1H3. The van der Waals surface area contributed by atoms with Gasteiger partial charge in [-0.2, -0.15) is 0 Å². The van der Waals surface area contributed by atoms with Crippen molar-refractivity contribution in [3.63, 3.8) is 0 Å². The molecule has 1 aliphatic carbocycles. The second-order valence-electron chi connectivity index (χ2n) is 5.81. The second kappa shape index (κ2) is 6.71. The van der Waals surface area contributed by atoms with E-state index in [-0.39, 0.29) is 0 Å². The Morgan fingerprint density at radius 1 is 1.29 bits per heavy atom. The zero-order valence-corrected chi connectivity index (χ0v) is 13.9. The van der Waals surface area contributed by atoms with Crippen LogP contribution in [0.5, 0.6) is 0 Å². The average molecular weight is 345 g/mol. The number of nitrogens with one attached hydrogen (secondary N) is 1. The molecule has 3 heteroatoms. The van der Waals surface area contributed by atoms with E-state index < -0.39 is 0 Å². The third-order valence-corrected chi connectivity index (χ3v) is 4.65. The Bertz CT molecular complexity index is 612. The number of pyridine rings is 1. The number of hydrogen-bond acceptors (Lipinski definition) is 2. The van der Waals surface area contributed by atoms with Crippen molar-refractivity contribution in [1.29, 1.82) is 0 Å². The Morgan fingerprint density at radius 2 is 2.14 bits per heavy atom. The zero-order chi connectivity index (χ0) is 14.7. The van der Waals surface area contributed by atoms with Crippen LogP contribution in [0.4, 0.5) is 0 Å². The number of nitrogens with zero attached hydrogens (tertiary/aromatic N) is 1. The van der Waals surface area contributed by atoms with Crippen molar-refractivity contribution in [1.82, 2.24) is 10.3 Å². The van der Waals surface area contributed by atoms with Gasteiger partial charge in [0.2, 0.25) is 0 Å². The highest BCUT2D eigenvalue weighted by Crippen LogP contribution is 2.38. The molecule has 0 saturated heterocycles.